The van der Waals surface area contributed by atoms with Gasteiger partial charge in [-0.2, -0.15) is 0 Å². The molecule has 1 aromatic heterocycles. The van der Waals surface area contributed by atoms with Crippen LogP contribution in [0.15, 0.2) is 41.3 Å². The first-order valence-corrected chi connectivity index (χ1v) is 7.37. The normalized spacial score (nSPS) is 13.6. The first kappa shape index (κ1) is 14.7. The molecule has 0 bridgehead atoms. The molecular formula is C16H15ClN2O3. The third kappa shape index (κ3) is 3.14. The van der Waals surface area contributed by atoms with Crippen molar-refractivity contribution in [1.29, 1.82) is 0 Å². The second kappa shape index (κ2) is 6.23. The largest absolute Gasteiger partial charge is 0.482 e. The zero-order valence-corrected chi connectivity index (χ0v) is 12.6. The van der Waals surface area contributed by atoms with Gasteiger partial charge in [0.1, 0.15) is 5.75 Å². The lowest BCUT2D eigenvalue weighted by atomic mass is 10.0. The van der Waals surface area contributed by atoms with Gasteiger partial charge >= 0.3 is 0 Å². The molecule has 5 nitrogen and oxygen atoms in total. The van der Waals surface area contributed by atoms with Gasteiger partial charge in [0.25, 0.3) is 5.91 Å². The van der Waals surface area contributed by atoms with Crippen LogP contribution in [-0.2, 0) is 17.8 Å². The third-order valence-corrected chi connectivity index (χ3v) is 3.97. The van der Waals surface area contributed by atoms with Gasteiger partial charge in [0.05, 0.1) is 5.02 Å². The molecule has 1 amide bonds. The number of ether oxygens (including phenoxy) is 1. The van der Waals surface area contributed by atoms with Crippen molar-refractivity contribution >= 4 is 17.5 Å². The van der Waals surface area contributed by atoms with Crippen molar-refractivity contribution in [3.05, 3.63) is 63.0 Å². The zero-order valence-electron chi connectivity index (χ0n) is 11.8. The highest BCUT2D eigenvalue weighted by atomic mass is 35.5. The van der Waals surface area contributed by atoms with Crippen LogP contribution in [0.25, 0.3) is 0 Å². The standard InChI is InChI=1S/C16H15ClN2O3/c17-13-3-1-2-4-14(13)22-10-16(21)19-6-5-11-7-15(20)18-8-12(11)9-19/h1-4,7-8H,5-6,9-10H2,(H,18,20). The van der Waals surface area contributed by atoms with Gasteiger partial charge in [-0.15, -0.1) is 0 Å². The van der Waals surface area contributed by atoms with Crippen LogP contribution in [0.4, 0.5) is 0 Å². The van der Waals surface area contributed by atoms with Crippen LogP contribution in [0.1, 0.15) is 11.1 Å². The van der Waals surface area contributed by atoms with Crippen LogP contribution in [0.3, 0.4) is 0 Å². The number of carbonyl (C=O) groups excluding carboxylic acids is 1. The number of aromatic nitrogens is 1. The van der Waals surface area contributed by atoms with E-state index in [0.717, 1.165) is 11.1 Å². The quantitative estimate of drug-likeness (QED) is 0.941. The van der Waals surface area contributed by atoms with Crippen LogP contribution in [0.5, 0.6) is 5.75 Å². The van der Waals surface area contributed by atoms with Crippen molar-refractivity contribution in [2.75, 3.05) is 13.2 Å². The van der Waals surface area contributed by atoms with E-state index >= 15 is 0 Å². The van der Waals surface area contributed by atoms with Crippen molar-refractivity contribution in [1.82, 2.24) is 9.88 Å². The smallest absolute Gasteiger partial charge is 0.260 e. The fraction of sp³-hybridized carbons (Fsp3) is 0.250. The number of aromatic amines is 1. The Hall–Kier alpha value is -2.27. The number of rotatable bonds is 3. The van der Waals surface area contributed by atoms with Gasteiger partial charge in [-0.25, -0.2) is 0 Å². The summed E-state index contributed by atoms with van der Waals surface area (Å²) >= 11 is 5.99. The molecule has 1 aliphatic rings. The summed E-state index contributed by atoms with van der Waals surface area (Å²) in [5, 5.41) is 0.483. The molecule has 22 heavy (non-hydrogen) atoms. The zero-order chi connectivity index (χ0) is 15.5. The van der Waals surface area contributed by atoms with Crippen molar-refractivity contribution in [2.45, 2.75) is 13.0 Å². The van der Waals surface area contributed by atoms with Crippen LogP contribution in [0, 0.1) is 0 Å². The summed E-state index contributed by atoms with van der Waals surface area (Å²) in [5.41, 5.74) is 1.86. The molecule has 0 aliphatic carbocycles. The number of hydrogen-bond donors (Lipinski definition) is 1. The van der Waals surface area contributed by atoms with Gasteiger partial charge in [0, 0.05) is 25.4 Å². The van der Waals surface area contributed by atoms with Crippen molar-refractivity contribution in [3.8, 4) is 5.75 Å². The van der Waals surface area contributed by atoms with Gasteiger partial charge in [0.2, 0.25) is 5.56 Å². The van der Waals surface area contributed by atoms with E-state index in [2.05, 4.69) is 4.98 Å². The number of H-pyrrole nitrogens is 1. The summed E-state index contributed by atoms with van der Waals surface area (Å²) in [6.07, 6.45) is 2.35. The molecule has 0 unspecified atom stereocenters. The Morgan fingerprint density at radius 2 is 2.14 bits per heavy atom. The fourth-order valence-corrected chi connectivity index (χ4v) is 2.66. The maximum Gasteiger partial charge on any atom is 0.260 e. The lowest BCUT2D eigenvalue weighted by molar-refractivity contribution is -0.134. The number of benzene rings is 1. The number of nitrogens with one attached hydrogen (secondary N) is 1. The lowest BCUT2D eigenvalue weighted by Crippen LogP contribution is -2.39. The number of amides is 1. The molecule has 0 fully saturated rings. The molecule has 2 aromatic rings. The number of para-hydroxylation sites is 1. The van der Waals surface area contributed by atoms with Crippen molar-refractivity contribution in [2.24, 2.45) is 0 Å². The van der Waals surface area contributed by atoms with Gasteiger partial charge in [-0.3, -0.25) is 9.59 Å². The van der Waals surface area contributed by atoms with Crippen molar-refractivity contribution in [3.63, 3.8) is 0 Å². The molecule has 1 aliphatic heterocycles. The Morgan fingerprint density at radius 3 is 2.95 bits per heavy atom. The van der Waals surface area contributed by atoms with Gasteiger partial charge < -0.3 is 14.6 Å². The molecule has 1 N–H and O–H groups in total. The first-order valence-electron chi connectivity index (χ1n) is 6.99. The van der Waals surface area contributed by atoms with E-state index < -0.39 is 0 Å². The van der Waals surface area contributed by atoms with Gasteiger partial charge in [0.15, 0.2) is 6.61 Å². The molecule has 0 radical (unpaired) electrons. The van der Waals surface area contributed by atoms with Crippen molar-refractivity contribution < 1.29 is 9.53 Å². The molecule has 0 saturated heterocycles. The van der Waals surface area contributed by atoms with E-state index in [1.165, 1.54) is 0 Å². The first-order chi connectivity index (χ1) is 10.6. The van der Waals surface area contributed by atoms with E-state index in [9.17, 15) is 9.59 Å². The summed E-state index contributed by atoms with van der Waals surface area (Å²) in [4.78, 5) is 27.9. The molecule has 114 valence electrons. The van der Waals surface area contributed by atoms with Crippen LogP contribution < -0.4 is 10.3 Å². The number of carbonyl (C=O) groups is 1. The number of halogens is 1. The van der Waals surface area contributed by atoms with E-state index in [1.807, 2.05) is 0 Å². The minimum atomic E-state index is -0.111. The van der Waals surface area contributed by atoms with E-state index in [4.69, 9.17) is 16.3 Å². The average Bonchev–Trinajstić information content (AvgIpc) is 2.53. The Morgan fingerprint density at radius 1 is 1.32 bits per heavy atom. The van der Waals surface area contributed by atoms with E-state index in [-0.39, 0.29) is 18.1 Å². The third-order valence-electron chi connectivity index (χ3n) is 3.66. The van der Waals surface area contributed by atoms with Crippen LogP contribution in [0.2, 0.25) is 5.02 Å². The van der Waals surface area contributed by atoms with E-state index in [0.29, 0.717) is 30.3 Å². The monoisotopic (exact) mass is 318 g/mol. The highest BCUT2D eigenvalue weighted by Crippen LogP contribution is 2.23. The topological polar surface area (TPSA) is 62.4 Å². The molecule has 0 atom stereocenters. The minimum absolute atomic E-state index is 0.0532. The van der Waals surface area contributed by atoms with E-state index in [1.54, 1.807) is 41.4 Å². The Kier molecular flexibility index (Phi) is 4.15. The molecule has 1 aromatic carbocycles. The number of fused-ring (bicyclic) bond motifs is 1. The molecular weight excluding hydrogens is 304 g/mol. The van der Waals surface area contributed by atoms with Gasteiger partial charge in [-0.05, 0) is 29.7 Å². The fourth-order valence-electron chi connectivity index (χ4n) is 2.47. The van der Waals surface area contributed by atoms with Gasteiger partial charge in [-0.1, -0.05) is 23.7 Å². The number of pyridine rings is 1. The Labute approximate surface area is 132 Å². The predicted octanol–water partition coefficient (Wildman–Crippen LogP) is 1.99. The summed E-state index contributed by atoms with van der Waals surface area (Å²) in [6, 6.07) is 8.65. The number of nitrogens with zero attached hydrogens (tertiary/aromatic N) is 1. The maximum absolute atomic E-state index is 12.2. The maximum atomic E-state index is 12.2. The predicted molar refractivity (Wildman–Crippen MR) is 83.1 cm³/mol. The molecule has 2 heterocycles. The number of hydrogen-bond acceptors (Lipinski definition) is 3. The second-order valence-electron chi connectivity index (χ2n) is 5.13. The summed E-state index contributed by atoms with van der Waals surface area (Å²) in [6.45, 7) is 1.01. The molecule has 0 saturated carbocycles. The highest BCUT2D eigenvalue weighted by molar-refractivity contribution is 6.32. The molecule has 0 spiro atoms. The molecule has 6 heteroatoms. The SMILES string of the molecule is O=C(COc1ccccc1Cl)N1CCc2cc(=O)[nH]cc2C1. The highest BCUT2D eigenvalue weighted by Gasteiger charge is 2.21. The lowest BCUT2D eigenvalue weighted by Gasteiger charge is -2.28. The van der Waals surface area contributed by atoms with Crippen LogP contribution >= 0.6 is 11.6 Å². The van der Waals surface area contributed by atoms with Crippen LogP contribution in [-0.4, -0.2) is 28.9 Å². The average molecular weight is 319 g/mol. The summed E-state index contributed by atoms with van der Waals surface area (Å²) in [5.74, 6) is 0.399. The Bertz CT molecular complexity index is 757. The Balaban J connectivity index is 1.63. The minimum Gasteiger partial charge on any atom is -0.482 e. The summed E-state index contributed by atoms with van der Waals surface area (Å²) in [7, 11) is 0. The second-order valence-corrected chi connectivity index (χ2v) is 5.54. The summed E-state index contributed by atoms with van der Waals surface area (Å²) < 4.78 is 5.48. The molecule has 3 rings (SSSR count).